The molecule has 4 rings (SSSR count). The van der Waals surface area contributed by atoms with E-state index in [-0.39, 0.29) is 5.91 Å². The van der Waals surface area contributed by atoms with Crippen LogP contribution in [0.1, 0.15) is 12.5 Å². The third kappa shape index (κ3) is 4.27. The maximum absolute atomic E-state index is 12.8. The van der Waals surface area contributed by atoms with E-state index >= 15 is 0 Å². The highest BCUT2D eigenvalue weighted by Crippen LogP contribution is 2.31. The number of benzene rings is 2. The summed E-state index contributed by atoms with van der Waals surface area (Å²) in [6.45, 7) is 3.75. The van der Waals surface area contributed by atoms with Gasteiger partial charge in [0.05, 0.1) is 11.5 Å². The standard InChI is InChI=1S/C22H19ClN4O2S/c1-14-10-11-16(23)13-18(14)24-21(28)15(2)30-22-26-25-20(19-9-6-12-29-19)27(22)17-7-4-3-5-8-17/h3-13,15H,1-2H3,(H,24,28). The molecule has 2 heterocycles. The second kappa shape index (κ2) is 8.77. The second-order valence-corrected chi connectivity index (χ2v) is 8.41. The Bertz CT molecular complexity index is 1160. The van der Waals surface area contributed by atoms with Crippen molar-refractivity contribution in [2.45, 2.75) is 24.3 Å². The molecule has 6 nitrogen and oxygen atoms in total. The smallest absolute Gasteiger partial charge is 0.237 e. The predicted octanol–water partition coefficient (Wildman–Crippen LogP) is 5.61. The Kier molecular flexibility index (Phi) is 5.92. The summed E-state index contributed by atoms with van der Waals surface area (Å²) < 4.78 is 7.41. The van der Waals surface area contributed by atoms with E-state index in [1.54, 1.807) is 24.5 Å². The molecular formula is C22H19ClN4O2S. The minimum Gasteiger partial charge on any atom is -0.461 e. The van der Waals surface area contributed by atoms with Crippen molar-refractivity contribution in [1.82, 2.24) is 14.8 Å². The Labute approximate surface area is 183 Å². The van der Waals surface area contributed by atoms with Crippen LogP contribution in [-0.2, 0) is 4.79 Å². The van der Waals surface area contributed by atoms with Crippen molar-refractivity contribution in [2.24, 2.45) is 0 Å². The molecule has 0 fully saturated rings. The van der Waals surface area contributed by atoms with Crippen LogP contribution in [0.3, 0.4) is 0 Å². The largest absolute Gasteiger partial charge is 0.461 e. The monoisotopic (exact) mass is 438 g/mol. The van der Waals surface area contributed by atoms with Crippen molar-refractivity contribution in [3.63, 3.8) is 0 Å². The van der Waals surface area contributed by atoms with Gasteiger partial charge in [-0.25, -0.2) is 0 Å². The van der Waals surface area contributed by atoms with Crippen LogP contribution in [0.25, 0.3) is 17.3 Å². The molecule has 0 bridgehead atoms. The van der Waals surface area contributed by atoms with E-state index in [0.717, 1.165) is 11.3 Å². The Morgan fingerprint density at radius 3 is 2.67 bits per heavy atom. The number of furan rings is 1. The van der Waals surface area contributed by atoms with Gasteiger partial charge < -0.3 is 9.73 Å². The van der Waals surface area contributed by atoms with Gasteiger partial charge in [-0.1, -0.05) is 47.6 Å². The number of amides is 1. The fourth-order valence-corrected chi connectivity index (χ4v) is 3.94. The summed E-state index contributed by atoms with van der Waals surface area (Å²) in [6.07, 6.45) is 1.59. The number of hydrogen-bond acceptors (Lipinski definition) is 5. The van der Waals surface area contributed by atoms with Crippen LogP contribution in [-0.4, -0.2) is 25.9 Å². The zero-order valence-electron chi connectivity index (χ0n) is 16.4. The van der Waals surface area contributed by atoms with Crippen LogP contribution in [0, 0.1) is 6.92 Å². The summed E-state index contributed by atoms with van der Waals surface area (Å²) in [4.78, 5) is 12.8. The molecule has 2 aromatic heterocycles. The van der Waals surface area contributed by atoms with Crippen LogP contribution in [0.5, 0.6) is 0 Å². The molecule has 1 N–H and O–H groups in total. The average Bonchev–Trinajstić information content (AvgIpc) is 3.41. The molecule has 0 aliphatic rings. The van der Waals surface area contributed by atoms with Gasteiger partial charge in [-0.3, -0.25) is 9.36 Å². The predicted molar refractivity (Wildman–Crippen MR) is 119 cm³/mol. The first kappa shape index (κ1) is 20.3. The molecule has 4 aromatic rings. The first-order valence-electron chi connectivity index (χ1n) is 9.31. The van der Waals surface area contributed by atoms with E-state index in [4.69, 9.17) is 16.0 Å². The molecule has 0 aliphatic heterocycles. The van der Waals surface area contributed by atoms with E-state index in [2.05, 4.69) is 15.5 Å². The zero-order valence-corrected chi connectivity index (χ0v) is 17.9. The Balaban J connectivity index is 1.61. The molecule has 1 atom stereocenters. The van der Waals surface area contributed by atoms with Gasteiger partial charge in [-0.2, -0.15) is 0 Å². The summed E-state index contributed by atoms with van der Waals surface area (Å²) in [5.74, 6) is 1.03. The quantitative estimate of drug-likeness (QED) is 0.396. The number of nitrogens with zero attached hydrogens (tertiary/aromatic N) is 3. The molecule has 8 heteroatoms. The highest BCUT2D eigenvalue weighted by molar-refractivity contribution is 8.00. The molecule has 0 aliphatic carbocycles. The minimum absolute atomic E-state index is 0.146. The number of halogens is 1. The van der Waals surface area contributed by atoms with Crippen molar-refractivity contribution < 1.29 is 9.21 Å². The van der Waals surface area contributed by atoms with Crippen LogP contribution in [0.4, 0.5) is 5.69 Å². The molecule has 0 radical (unpaired) electrons. The maximum Gasteiger partial charge on any atom is 0.237 e. The highest BCUT2D eigenvalue weighted by atomic mass is 35.5. The van der Waals surface area contributed by atoms with Crippen LogP contribution in [0.2, 0.25) is 5.02 Å². The van der Waals surface area contributed by atoms with Crippen molar-refractivity contribution in [3.05, 3.63) is 77.5 Å². The number of carbonyl (C=O) groups excluding carboxylic acids is 1. The fourth-order valence-electron chi connectivity index (χ4n) is 2.90. The van der Waals surface area contributed by atoms with Gasteiger partial charge in [0.1, 0.15) is 0 Å². The van der Waals surface area contributed by atoms with E-state index in [9.17, 15) is 4.79 Å². The van der Waals surface area contributed by atoms with Gasteiger partial charge in [0.25, 0.3) is 0 Å². The van der Waals surface area contributed by atoms with Gasteiger partial charge in [0.2, 0.25) is 11.7 Å². The second-order valence-electron chi connectivity index (χ2n) is 6.66. The van der Waals surface area contributed by atoms with Crippen molar-refractivity contribution in [2.75, 3.05) is 5.32 Å². The lowest BCUT2D eigenvalue weighted by molar-refractivity contribution is -0.115. The summed E-state index contributed by atoms with van der Waals surface area (Å²) in [5.41, 5.74) is 2.52. The first-order chi connectivity index (χ1) is 14.5. The molecule has 0 saturated heterocycles. The average molecular weight is 439 g/mol. The molecule has 2 aromatic carbocycles. The van der Waals surface area contributed by atoms with Crippen LogP contribution in [0.15, 0.2) is 76.5 Å². The van der Waals surface area contributed by atoms with Crippen molar-refractivity contribution >= 4 is 35.0 Å². The lowest BCUT2D eigenvalue weighted by atomic mass is 10.2. The van der Waals surface area contributed by atoms with Gasteiger partial charge in [0.15, 0.2) is 10.9 Å². The first-order valence-corrected chi connectivity index (χ1v) is 10.6. The molecular weight excluding hydrogens is 420 g/mol. The molecule has 1 amide bonds. The van der Waals surface area contributed by atoms with Gasteiger partial charge in [-0.05, 0) is 55.8 Å². The number of nitrogens with one attached hydrogen (secondary N) is 1. The lowest BCUT2D eigenvalue weighted by Crippen LogP contribution is -2.23. The number of anilines is 1. The lowest BCUT2D eigenvalue weighted by Gasteiger charge is -2.14. The van der Waals surface area contributed by atoms with Crippen molar-refractivity contribution in [1.29, 1.82) is 0 Å². The SMILES string of the molecule is Cc1ccc(Cl)cc1NC(=O)C(C)Sc1nnc(-c2ccco2)n1-c1ccccc1. The zero-order chi connectivity index (χ0) is 21.1. The number of carbonyl (C=O) groups is 1. The summed E-state index contributed by atoms with van der Waals surface area (Å²) in [5, 5.41) is 12.3. The molecule has 152 valence electrons. The number of thioether (sulfide) groups is 1. The van der Waals surface area contributed by atoms with Crippen LogP contribution >= 0.6 is 23.4 Å². The maximum atomic E-state index is 12.8. The van der Waals surface area contributed by atoms with E-state index in [1.165, 1.54) is 11.8 Å². The van der Waals surface area contributed by atoms with Gasteiger partial charge in [0, 0.05) is 16.4 Å². The Hall–Kier alpha value is -3.03. The highest BCUT2D eigenvalue weighted by Gasteiger charge is 2.23. The summed E-state index contributed by atoms with van der Waals surface area (Å²) in [7, 11) is 0. The van der Waals surface area contributed by atoms with Gasteiger partial charge in [-0.15, -0.1) is 10.2 Å². The third-order valence-corrected chi connectivity index (χ3v) is 5.78. The number of aromatic nitrogens is 3. The Morgan fingerprint density at radius 2 is 1.93 bits per heavy atom. The van der Waals surface area contributed by atoms with E-state index < -0.39 is 5.25 Å². The number of para-hydroxylation sites is 1. The molecule has 1 unspecified atom stereocenters. The Morgan fingerprint density at radius 1 is 1.13 bits per heavy atom. The number of hydrogen-bond donors (Lipinski definition) is 1. The topological polar surface area (TPSA) is 73.0 Å². The normalized spacial score (nSPS) is 12.0. The van der Waals surface area contributed by atoms with Crippen LogP contribution < -0.4 is 5.32 Å². The van der Waals surface area contributed by atoms with E-state index in [0.29, 0.717) is 27.5 Å². The fraction of sp³-hybridized carbons (Fsp3) is 0.136. The number of aryl methyl sites for hydroxylation is 1. The molecule has 0 spiro atoms. The third-order valence-electron chi connectivity index (χ3n) is 4.50. The summed E-state index contributed by atoms with van der Waals surface area (Å²) in [6, 6.07) is 18.8. The van der Waals surface area contributed by atoms with Gasteiger partial charge >= 0.3 is 0 Å². The van der Waals surface area contributed by atoms with E-state index in [1.807, 2.05) is 60.9 Å². The molecule has 0 saturated carbocycles. The minimum atomic E-state index is -0.417. The van der Waals surface area contributed by atoms with Crippen molar-refractivity contribution in [3.8, 4) is 17.3 Å². The number of rotatable bonds is 6. The summed E-state index contributed by atoms with van der Waals surface area (Å²) >= 11 is 7.39. The molecule has 30 heavy (non-hydrogen) atoms.